The van der Waals surface area contributed by atoms with Crippen molar-refractivity contribution in [1.29, 1.82) is 0 Å². The second kappa shape index (κ2) is 4.92. The molecule has 1 amide bonds. The van der Waals surface area contributed by atoms with Gasteiger partial charge in [0.25, 0.3) is 0 Å². The van der Waals surface area contributed by atoms with E-state index < -0.39 is 0 Å². The van der Waals surface area contributed by atoms with E-state index in [1.807, 2.05) is 7.05 Å². The van der Waals surface area contributed by atoms with Gasteiger partial charge in [-0.15, -0.1) is 0 Å². The summed E-state index contributed by atoms with van der Waals surface area (Å²) in [6.07, 6.45) is 0.987. The lowest BCUT2D eigenvalue weighted by Crippen LogP contribution is -2.44. The summed E-state index contributed by atoms with van der Waals surface area (Å²) in [5.41, 5.74) is 0. The maximum atomic E-state index is 11.6. The van der Waals surface area contributed by atoms with Crippen LogP contribution in [-0.2, 0) is 14.3 Å². The Labute approximate surface area is 89.7 Å². The molecular formula is C10H18N2O3. The van der Waals surface area contributed by atoms with E-state index in [2.05, 4.69) is 5.32 Å². The Balaban J connectivity index is 1.71. The fourth-order valence-electron chi connectivity index (χ4n) is 1.94. The number of likely N-dealkylation sites (N-methyl/N-ethyl adjacent to an activating group) is 1. The molecule has 0 spiro atoms. The molecule has 86 valence electrons. The molecule has 2 heterocycles. The maximum Gasteiger partial charge on any atom is 0.239 e. The molecule has 0 saturated carbocycles. The van der Waals surface area contributed by atoms with E-state index in [-0.39, 0.29) is 18.1 Å². The third-order valence-corrected chi connectivity index (χ3v) is 2.90. The zero-order valence-electron chi connectivity index (χ0n) is 9.07. The molecule has 1 N–H and O–H groups in total. The largest absolute Gasteiger partial charge is 0.376 e. The first kappa shape index (κ1) is 10.9. The first-order chi connectivity index (χ1) is 7.27. The van der Waals surface area contributed by atoms with Gasteiger partial charge in [0.1, 0.15) is 0 Å². The van der Waals surface area contributed by atoms with Gasteiger partial charge in [-0.05, 0) is 6.42 Å². The van der Waals surface area contributed by atoms with Crippen LogP contribution in [0.15, 0.2) is 0 Å². The summed E-state index contributed by atoms with van der Waals surface area (Å²) in [7, 11) is 1.84. The van der Waals surface area contributed by atoms with E-state index in [0.717, 1.165) is 13.0 Å². The van der Waals surface area contributed by atoms with E-state index in [9.17, 15) is 4.79 Å². The number of carbonyl (C=O) groups excluding carboxylic acids is 1. The third kappa shape index (κ3) is 2.68. The topological polar surface area (TPSA) is 50.8 Å². The van der Waals surface area contributed by atoms with Gasteiger partial charge in [-0.3, -0.25) is 4.79 Å². The lowest BCUT2D eigenvalue weighted by Gasteiger charge is -2.24. The molecule has 0 radical (unpaired) electrons. The lowest BCUT2D eigenvalue weighted by atomic mass is 10.2. The monoisotopic (exact) mass is 214 g/mol. The summed E-state index contributed by atoms with van der Waals surface area (Å²) in [6.45, 7) is 3.51. The summed E-state index contributed by atoms with van der Waals surface area (Å²) < 4.78 is 10.8. The number of nitrogens with one attached hydrogen (secondary N) is 1. The minimum absolute atomic E-state index is 0.0273. The number of hydrogen-bond donors (Lipinski definition) is 1. The van der Waals surface area contributed by atoms with Crippen molar-refractivity contribution in [3.05, 3.63) is 0 Å². The van der Waals surface area contributed by atoms with Crippen molar-refractivity contribution in [2.45, 2.75) is 18.6 Å². The summed E-state index contributed by atoms with van der Waals surface area (Å²) >= 11 is 0. The molecule has 15 heavy (non-hydrogen) atoms. The number of likely N-dealkylation sites (tertiary alicyclic amines) is 1. The smallest absolute Gasteiger partial charge is 0.239 e. The maximum absolute atomic E-state index is 11.6. The van der Waals surface area contributed by atoms with Crippen molar-refractivity contribution in [1.82, 2.24) is 10.2 Å². The van der Waals surface area contributed by atoms with Crippen molar-refractivity contribution < 1.29 is 14.3 Å². The van der Waals surface area contributed by atoms with Gasteiger partial charge >= 0.3 is 0 Å². The third-order valence-electron chi connectivity index (χ3n) is 2.90. The molecule has 2 saturated heterocycles. The molecule has 2 fully saturated rings. The van der Waals surface area contributed by atoms with Crippen LogP contribution in [0.3, 0.4) is 0 Å². The Hall–Kier alpha value is -0.650. The zero-order valence-corrected chi connectivity index (χ0v) is 9.07. The van der Waals surface area contributed by atoms with Crippen LogP contribution in [0.1, 0.15) is 6.42 Å². The summed E-state index contributed by atoms with van der Waals surface area (Å²) in [5, 5.41) is 3.24. The molecule has 0 aromatic heterocycles. The van der Waals surface area contributed by atoms with Gasteiger partial charge in [0, 0.05) is 20.1 Å². The lowest BCUT2D eigenvalue weighted by molar-refractivity contribution is -0.128. The van der Waals surface area contributed by atoms with Crippen LogP contribution in [0.2, 0.25) is 0 Å². The zero-order chi connectivity index (χ0) is 10.7. The van der Waals surface area contributed by atoms with Crippen LogP contribution in [-0.4, -0.2) is 62.9 Å². The first-order valence-corrected chi connectivity index (χ1v) is 5.45. The Kier molecular flexibility index (Phi) is 3.56. The molecule has 2 aliphatic heterocycles. The van der Waals surface area contributed by atoms with Crippen molar-refractivity contribution in [3.63, 3.8) is 0 Å². The second-order valence-electron chi connectivity index (χ2n) is 4.08. The van der Waals surface area contributed by atoms with Gasteiger partial charge in [-0.1, -0.05) is 0 Å². The number of rotatable bonds is 3. The molecule has 5 heteroatoms. The van der Waals surface area contributed by atoms with Gasteiger partial charge in [0.2, 0.25) is 5.91 Å². The van der Waals surface area contributed by atoms with Crippen LogP contribution >= 0.6 is 0 Å². The van der Waals surface area contributed by atoms with Crippen molar-refractivity contribution in [2.75, 3.05) is 40.0 Å². The molecule has 2 aliphatic rings. The SMILES string of the molecule is CN1CCC(NCC2COCCO2)C1=O. The highest BCUT2D eigenvalue weighted by molar-refractivity contribution is 5.83. The highest BCUT2D eigenvalue weighted by Gasteiger charge is 2.29. The molecular weight excluding hydrogens is 196 g/mol. The quantitative estimate of drug-likeness (QED) is 0.670. The fraction of sp³-hybridized carbons (Fsp3) is 0.900. The summed E-state index contributed by atoms with van der Waals surface area (Å²) in [5.74, 6) is 0.187. The van der Waals surface area contributed by atoms with Crippen LogP contribution in [0.25, 0.3) is 0 Å². The highest BCUT2D eigenvalue weighted by Crippen LogP contribution is 2.09. The highest BCUT2D eigenvalue weighted by atomic mass is 16.6. The van der Waals surface area contributed by atoms with Gasteiger partial charge in [-0.25, -0.2) is 0 Å². The van der Waals surface area contributed by atoms with Crippen LogP contribution < -0.4 is 5.32 Å². The van der Waals surface area contributed by atoms with Gasteiger partial charge in [0.05, 0.1) is 32.0 Å². The van der Waals surface area contributed by atoms with E-state index >= 15 is 0 Å². The van der Waals surface area contributed by atoms with Crippen molar-refractivity contribution in [2.24, 2.45) is 0 Å². The molecule has 2 rings (SSSR count). The molecule has 0 bridgehead atoms. The Bertz CT molecular complexity index is 229. The number of hydrogen-bond acceptors (Lipinski definition) is 4. The van der Waals surface area contributed by atoms with E-state index in [4.69, 9.17) is 9.47 Å². The summed E-state index contributed by atoms with van der Waals surface area (Å²) in [4.78, 5) is 13.3. The number of ether oxygens (including phenoxy) is 2. The number of nitrogens with zero attached hydrogens (tertiary/aromatic N) is 1. The van der Waals surface area contributed by atoms with E-state index in [0.29, 0.717) is 26.4 Å². The number of amides is 1. The van der Waals surface area contributed by atoms with Crippen molar-refractivity contribution >= 4 is 5.91 Å². The molecule has 5 nitrogen and oxygen atoms in total. The van der Waals surface area contributed by atoms with E-state index in [1.54, 1.807) is 4.90 Å². The van der Waals surface area contributed by atoms with Crippen LogP contribution in [0.4, 0.5) is 0 Å². The molecule has 0 aromatic carbocycles. The second-order valence-corrected chi connectivity index (χ2v) is 4.08. The average Bonchev–Trinajstić information content (AvgIpc) is 2.59. The molecule has 0 aromatic rings. The Morgan fingerprint density at radius 3 is 3.00 bits per heavy atom. The Morgan fingerprint density at radius 1 is 1.53 bits per heavy atom. The van der Waals surface area contributed by atoms with E-state index in [1.165, 1.54) is 0 Å². The standard InChI is InChI=1S/C10H18N2O3/c1-12-3-2-9(10(12)13)11-6-8-7-14-4-5-15-8/h8-9,11H,2-7H2,1H3. The average molecular weight is 214 g/mol. The van der Waals surface area contributed by atoms with Gasteiger partial charge in [-0.2, -0.15) is 0 Å². The summed E-state index contributed by atoms with van der Waals surface area (Å²) in [6, 6.07) is -0.0273. The molecule has 2 unspecified atom stereocenters. The van der Waals surface area contributed by atoms with Gasteiger partial charge < -0.3 is 19.7 Å². The van der Waals surface area contributed by atoms with Crippen LogP contribution in [0, 0.1) is 0 Å². The Morgan fingerprint density at radius 2 is 2.40 bits per heavy atom. The number of carbonyl (C=O) groups is 1. The predicted octanol–water partition coefficient (Wildman–Crippen LogP) is -0.778. The van der Waals surface area contributed by atoms with Crippen molar-refractivity contribution in [3.8, 4) is 0 Å². The minimum Gasteiger partial charge on any atom is -0.376 e. The normalized spacial score (nSPS) is 32.3. The minimum atomic E-state index is -0.0273. The van der Waals surface area contributed by atoms with Gasteiger partial charge in [0.15, 0.2) is 0 Å². The fourth-order valence-corrected chi connectivity index (χ4v) is 1.94. The molecule has 2 atom stereocenters. The first-order valence-electron chi connectivity index (χ1n) is 5.45. The predicted molar refractivity (Wildman–Crippen MR) is 54.6 cm³/mol. The van der Waals surface area contributed by atoms with Crippen LogP contribution in [0.5, 0.6) is 0 Å². The molecule has 0 aliphatic carbocycles.